The molecule has 7 nitrogen and oxygen atoms in total. The summed E-state index contributed by atoms with van der Waals surface area (Å²) in [5.41, 5.74) is 0.191. The van der Waals surface area contributed by atoms with Crippen LogP contribution in [0.1, 0.15) is 25.3 Å². The summed E-state index contributed by atoms with van der Waals surface area (Å²) in [6, 6.07) is 4.18. The Balaban J connectivity index is 1.87. The predicted octanol–water partition coefficient (Wildman–Crippen LogP) is 3.06. The van der Waals surface area contributed by atoms with Crippen molar-refractivity contribution in [3.8, 4) is 0 Å². The summed E-state index contributed by atoms with van der Waals surface area (Å²) in [6.07, 6.45) is 4.55. The van der Waals surface area contributed by atoms with Crippen LogP contribution in [0.5, 0.6) is 0 Å². The minimum Gasteiger partial charge on any atom is -0.452 e. The molecule has 1 atom stereocenters. The molecule has 2 rings (SSSR count). The quantitative estimate of drug-likeness (QED) is 0.346. The number of nitro benzene ring substituents is 1. The zero-order valence-electron chi connectivity index (χ0n) is 13.8. The minimum atomic E-state index is -0.684. The number of likely N-dealkylation sites (tertiary alicyclic amines) is 1. The van der Waals surface area contributed by atoms with Gasteiger partial charge >= 0.3 is 5.97 Å². The summed E-state index contributed by atoms with van der Waals surface area (Å²) in [7, 11) is 0. The Hall–Kier alpha value is -2.41. The van der Waals surface area contributed by atoms with Crippen molar-refractivity contribution in [3.63, 3.8) is 0 Å². The maximum Gasteiger partial charge on any atom is 0.331 e. The smallest absolute Gasteiger partial charge is 0.331 e. The second-order valence-corrected chi connectivity index (χ2v) is 6.40. The van der Waals surface area contributed by atoms with Crippen molar-refractivity contribution >= 4 is 35.2 Å². The molecule has 0 bridgehead atoms. The number of nitrogens with zero attached hydrogens (tertiary/aromatic N) is 2. The van der Waals surface area contributed by atoms with Crippen molar-refractivity contribution in [2.75, 3.05) is 19.7 Å². The molecule has 0 N–H and O–H groups in total. The molecule has 1 amide bonds. The first-order valence-corrected chi connectivity index (χ1v) is 8.31. The molecule has 8 heteroatoms. The van der Waals surface area contributed by atoms with Crippen molar-refractivity contribution in [2.45, 2.75) is 19.8 Å². The van der Waals surface area contributed by atoms with Crippen LogP contribution in [0, 0.1) is 16.0 Å². The molecule has 1 fully saturated rings. The fraction of sp³-hybridized carbons (Fsp3) is 0.412. The molecule has 1 unspecified atom stereocenters. The van der Waals surface area contributed by atoms with Crippen molar-refractivity contribution in [1.29, 1.82) is 0 Å². The summed E-state index contributed by atoms with van der Waals surface area (Å²) in [4.78, 5) is 35.7. The third-order valence-electron chi connectivity index (χ3n) is 3.93. The number of esters is 1. The Bertz CT molecular complexity index is 704. The van der Waals surface area contributed by atoms with Gasteiger partial charge in [0.2, 0.25) is 0 Å². The molecule has 1 aliphatic rings. The Labute approximate surface area is 150 Å². The largest absolute Gasteiger partial charge is 0.452 e. The van der Waals surface area contributed by atoms with E-state index in [0.717, 1.165) is 18.9 Å². The van der Waals surface area contributed by atoms with Crippen LogP contribution in [0.15, 0.2) is 24.3 Å². The number of piperidine rings is 1. The van der Waals surface area contributed by atoms with Gasteiger partial charge in [-0.1, -0.05) is 24.6 Å². The first-order chi connectivity index (χ1) is 11.9. The number of ether oxygens (including phenoxy) is 1. The van der Waals surface area contributed by atoms with Gasteiger partial charge in [0.05, 0.1) is 4.92 Å². The lowest BCUT2D eigenvalue weighted by atomic mass is 10.0. The molecule has 134 valence electrons. The van der Waals surface area contributed by atoms with Gasteiger partial charge in [-0.3, -0.25) is 14.9 Å². The standard InChI is InChI=1S/C17H19ClN2O5/c1-12-3-2-8-19(10-12)16(21)11-25-17(22)7-5-13-4-6-14(18)15(9-13)20(23)24/h4-7,9,12H,2-3,8,10-11H2,1H3/b7-5+. The number of rotatable bonds is 5. The van der Waals surface area contributed by atoms with E-state index in [2.05, 4.69) is 6.92 Å². The second-order valence-electron chi connectivity index (χ2n) is 6.00. The number of nitro groups is 1. The normalized spacial score (nSPS) is 17.5. The number of halogens is 1. The number of amides is 1. The summed E-state index contributed by atoms with van der Waals surface area (Å²) in [5, 5.41) is 10.8. The molecule has 25 heavy (non-hydrogen) atoms. The molecular formula is C17H19ClN2O5. The van der Waals surface area contributed by atoms with Crippen molar-refractivity contribution in [1.82, 2.24) is 4.90 Å². The number of hydrogen-bond acceptors (Lipinski definition) is 5. The van der Waals surface area contributed by atoms with E-state index < -0.39 is 10.9 Å². The molecule has 0 aromatic heterocycles. The molecular weight excluding hydrogens is 348 g/mol. The van der Waals surface area contributed by atoms with E-state index >= 15 is 0 Å². The Morgan fingerprint density at radius 2 is 2.24 bits per heavy atom. The maximum absolute atomic E-state index is 12.0. The highest BCUT2D eigenvalue weighted by Gasteiger charge is 2.21. The lowest BCUT2D eigenvalue weighted by Crippen LogP contribution is -2.41. The molecule has 0 aliphatic carbocycles. The molecule has 0 spiro atoms. The van der Waals surface area contributed by atoms with Gasteiger partial charge in [-0.25, -0.2) is 4.79 Å². The van der Waals surface area contributed by atoms with Gasteiger partial charge in [0, 0.05) is 25.2 Å². The number of carbonyl (C=O) groups excluding carboxylic acids is 2. The van der Waals surface area contributed by atoms with Crippen LogP contribution in [0.25, 0.3) is 6.08 Å². The molecule has 1 saturated heterocycles. The third kappa shape index (κ3) is 5.56. The molecule has 0 saturated carbocycles. The van der Waals surface area contributed by atoms with Crippen LogP contribution in [0.4, 0.5) is 5.69 Å². The highest BCUT2D eigenvalue weighted by molar-refractivity contribution is 6.32. The van der Waals surface area contributed by atoms with E-state index in [1.54, 1.807) is 11.0 Å². The lowest BCUT2D eigenvalue weighted by molar-refractivity contribution is -0.384. The number of carbonyl (C=O) groups is 2. The van der Waals surface area contributed by atoms with E-state index in [9.17, 15) is 19.7 Å². The Morgan fingerprint density at radius 3 is 2.92 bits per heavy atom. The Morgan fingerprint density at radius 1 is 1.48 bits per heavy atom. The third-order valence-corrected chi connectivity index (χ3v) is 4.25. The van der Waals surface area contributed by atoms with E-state index in [4.69, 9.17) is 16.3 Å². The monoisotopic (exact) mass is 366 g/mol. The van der Waals surface area contributed by atoms with Gasteiger partial charge in [-0.2, -0.15) is 0 Å². The van der Waals surface area contributed by atoms with Crippen molar-refractivity contribution < 1.29 is 19.2 Å². The topological polar surface area (TPSA) is 89.8 Å². The molecule has 1 aromatic rings. The lowest BCUT2D eigenvalue weighted by Gasteiger charge is -2.30. The van der Waals surface area contributed by atoms with E-state index in [0.29, 0.717) is 24.6 Å². The van der Waals surface area contributed by atoms with Gasteiger partial charge in [-0.15, -0.1) is 0 Å². The molecule has 1 heterocycles. The molecule has 1 aromatic carbocycles. The van der Waals surface area contributed by atoms with Gasteiger partial charge < -0.3 is 9.64 Å². The zero-order chi connectivity index (χ0) is 18.4. The van der Waals surface area contributed by atoms with Crippen LogP contribution < -0.4 is 0 Å². The summed E-state index contributed by atoms with van der Waals surface area (Å²) >= 11 is 5.72. The van der Waals surface area contributed by atoms with Crippen LogP contribution in [0.2, 0.25) is 5.02 Å². The predicted molar refractivity (Wildman–Crippen MR) is 93.1 cm³/mol. The average Bonchev–Trinajstić information content (AvgIpc) is 2.58. The number of benzene rings is 1. The second kappa shape index (κ2) is 8.62. The summed E-state index contributed by atoms with van der Waals surface area (Å²) < 4.78 is 4.94. The van der Waals surface area contributed by atoms with Crippen LogP contribution >= 0.6 is 11.6 Å². The van der Waals surface area contributed by atoms with Crippen LogP contribution in [-0.4, -0.2) is 41.4 Å². The van der Waals surface area contributed by atoms with Crippen molar-refractivity contribution in [2.24, 2.45) is 5.92 Å². The Kier molecular flexibility index (Phi) is 6.52. The van der Waals surface area contributed by atoms with Gasteiger partial charge in [0.15, 0.2) is 6.61 Å². The van der Waals surface area contributed by atoms with Gasteiger partial charge in [-0.05, 0) is 36.5 Å². The highest BCUT2D eigenvalue weighted by atomic mass is 35.5. The molecule has 1 aliphatic heterocycles. The highest BCUT2D eigenvalue weighted by Crippen LogP contribution is 2.25. The van der Waals surface area contributed by atoms with Gasteiger partial charge in [0.25, 0.3) is 11.6 Å². The first-order valence-electron chi connectivity index (χ1n) is 7.93. The molecule has 0 radical (unpaired) electrons. The zero-order valence-corrected chi connectivity index (χ0v) is 14.6. The average molecular weight is 367 g/mol. The fourth-order valence-electron chi connectivity index (χ4n) is 2.63. The fourth-order valence-corrected chi connectivity index (χ4v) is 2.81. The van der Waals surface area contributed by atoms with Gasteiger partial charge in [0.1, 0.15) is 5.02 Å². The summed E-state index contributed by atoms with van der Waals surface area (Å²) in [6.45, 7) is 3.14. The van der Waals surface area contributed by atoms with Crippen LogP contribution in [0.3, 0.4) is 0 Å². The SMILES string of the molecule is CC1CCCN(C(=O)COC(=O)/C=C/c2ccc(Cl)c([N+](=O)[O-])c2)C1. The minimum absolute atomic E-state index is 0.0195. The van der Waals surface area contributed by atoms with E-state index in [1.165, 1.54) is 18.2 Å². The van der Waals surface area contributed by atoms with E-state index in [-0.39, 0.29) is 23.2 Å². The van der Waals surface area contributed by atoms with E-state index in [1.807, 2.05) is 0 Å². The van der Waals surface area contributed by atoms with Crippen molar-refractivity contribution in [3.05, 3.63) is 45.0 Å². The van der Waals surface area contributed by atoms with Crippen LogP contribution in [-0.2, 0) is 14.3 Å². The summed E-state index contributed by atoms with van der Waals surface area (Å²) in [5.74, 6) is -0.444. The first kappa shape index (κ1) is 18.9. The number of hydrogen-bond donors (Lipinski definition) is 0. The maximum atomic E-state index is 12.0.